The van der Waals surface area contributed by atoms with Crippen molar-refractivity contribution in [2.45, 2.75) is 32.1 Å². The molecule has 3 aliphatic carbocycles. The minimum Gasteiger partial charge on any atom is -0.0845 e. The largest absolute Gasteiger partial charge is 0.0845 e. The molecule has 0 nitrogen and oxygen atoms in total. The molecule has 0 N–H and O–H groups in total. The fraction of sp³-hybridized carbons (Fsp3) is 0.800. The zero-order valence-corrected chi connectivity index (χ0v) is 6.34. The van der Waals surface area contributed by atoms with Crippen molar-refractivity contribution < 1.29 is 0 Å². The first kappa shape index (κ1) is 5.40. The molecule has 3 rings (SSSR count). The second-order valence-electron chi connectivity index (χ2n) is 4.26. The molecule has 2 bridgehead atoms. The van der Waals surface area contributed by atoms with Crippen LogP contribution in [0, 0.1) is 17.3 Å². The number of hydrogen-bond donors (Lipinski definition) is 0. The summed E-state index contributed by atoms with van der Waals surface area (Å²) in [5.74, 6) is 2.01. The van der Waals surface area contributed by atoms with E-state index in [9.17, 15) is 0 Å². The van der Waals surface area contributed by atoms with Crippen LogP contribution in [0.3, 0.4) is 0 Å². The summed E-state index contributed by atoms with van der Waals surface area (Å²) in [5.41, 5.74) is 0.833. The lowest BCUT2D eigenvalue weighted by molar-refractivity contribution is 0.0821. The van der Waals surface area contributed by atoms with E-state index in [1.807, 2.05) is 0 Å². The van der Waals surface area contributed by atoms with Crippen LogP contribution in [0.4, 0.5) is 0 Å². The van der Waals surface area contributed by atoms with Gasteiger partial charge in [0.1, 0.15) is 0 Å². The van der Waals surface area contributed by atoms with Gasteiger partial charge in [0.2, 0.25) is 0 Å². The summed E-state index contributed by atoms with van der Waals surface area (Å²) >= 11 is 0. The molecule has 0 aromatic carbocycles. The Hall–Kier alpha value is -0.260. The van der Waals surface area contributed by atoms with Crippen LogP contribution < -0.4 is 0 Å². The smallest absolute Gasteiger partial charge is 0.0171 e. The molecule has 2 saturated carbocycles. The Morgan fingerprint density at radius 1 is 1.00 bits per heavy atom. The van der Waals surface area contributed by atoms with Gasteiger partial charge in [-0.1, -0.05) is 18.6 Å². The monoisotopic (exact) mass is 134 g/mol. The fourth-order valence-corrected chi connectivity index (χ4v) is 3.38. The van der Waals surface area contributed by atoms with Crippen LogP contribution in [0.1, 0.15) is 32.1 Å². The predicted molar refractivity (Wildman–Crippen MR) is 41.6 cm³/mol. The van der Waals surface area contributed by atoms with Crippen LogP contribution in [0.2, 0.25) is 0 Å². The van der Waals surface area contributed by atoms with E-state index in [1.165, 1.54) is 32.1 Å². The molecule has 0 heterocycles. The molecule has 0 radical (unpaired) electrons. The third-order valence-electron chi connectivity index (χ3n) is 4.13. The molecule has 0 aliphatic heterocycles. The van der Waals surface area contributed by atoms with E-state index in [0.717, 1.165) is 17.3 Å². The van der Waals surface area contributed by atoms with E-state index in [-0.39, 0.29) is 0 Å². The summed E-state index contributed by atoms with van der Waals surface area (Å²) in [7, 11) is 0. The summed E-state index contributed by atoms with van der Waals surface area (Å²) in [6.45, 7) is 0. The maximum absolute atomic E-state index is 2.49. The minimum absolute atomic E-state index is 0.833. The van der Waals surface area contributed by atoms with Crippen molar-refractivity contribution in [1.82, 2.24) is 0 Å². The molecule has 0 amide bonds. The van der Waals surface area contributed by atoms with Crippen molar-refractivity contribution in [3.63, 3.8) is 0 Å². The third kappa shape index (κ3) is 0.398. The molecule has 2 unspecified atom stereocenters. The molecular weight excluding hydrogens is 120 g/mol. The second kappa shape index (κ2) is 1.49. The Labute approximate surface area is 62.3 Å². The molecular formula is C10H14. The van der Waals surface area contributed by atoms with E-state index in [0.29, 0.717) is 0 Å². The van der Waals surface area contributed by atoms with Gasteiger partial charge in [-0.2, -0.15) is 0 Å². The second-order valence-corrected chi connectivity index (χ2v) is 4.26. The van der Waals surface area contributed by atoms with Crippen molar-refractivity contribution in [2.24, 2.45) is 17.3 Å². The van der Waals surface area contributed by atoms with Crippen LogP contribution in [0.5, 0.6) is 0 Å². The first-order valence-electron chi connectivity index (χ1n) is 4.60. The molecule has 0 heteroatoms. The highest BCUT2D eigenvalue weighted by Crippen LogP contribution is 2.63. The van der Waals surface area contributed by atoms with Gasteiger partial charge in [0, 0.05) is 0 Å². The maximum atomic E-state index is 2.49. The van der Waals surface area contributed by atoms with Gasteiger partial charge in [-0.25, -0.2) is 0 Å². The van der Waals surface area contributed by atoms with Gasteiger partial charge >= 0.3 is 0 Å². The maximum Gasteiger partial charge on any atom is -0.0171 e. The SMILES string of the molecule is C1=CC2CCC1C21CCC1. The Morgan fingerprint density at radius 3 is 1.80 bits per heavy atom. The summed E-state index contributed by atoms with van der Waals surface area (Å²) in [5, 5.41) is 0. The number of rotatable bonds is 0. The molecule has 2 atom stereocenters. The Kier molecular flexibility index (Phi) is 0.805. The van der Waals surface area contributed by atoms with Crippen LogP contribution in [0.15, 0.2) is 12.2 Å². The van der Waals surface area contributed by atoms with E-state index in [1.54, 1.807) is 0 Å². The van der Waals surface area contributed by atoms with Crippen LogP contribution in [-0.4, -0.2) is 0 Å². The average molecular weight is 134 g/mol. The lowest BCUT2D eigenvalue weighted by Gasteiger charge is -2.43. The topological polar surface area (TPSA) is 0 Å². The van der Waals surface area contributed by atoms with Gasteiger partial charge in [-0.05, 0) is 42.9 Å². The van der Waals surface area contributed by atoms with Crippen molar-refractivity contribution in [2.75, 3.05) is 0 Å². The first-order valence-corrected chi connectivity index (χ1v) is 4.60. The van der Waals surface area contributed by atoms with Gasteiger partial charge in [-0.15, -0.1) is 0 Å². The van der Waals surface area contributed by atoms with Gasteiger partial charge < -0.3 is 0 Å². The van der Waals surface area contributed by atoms with E-state index >= 15 is 0 Å². The molecule has 0 aromatic heterocycles. The average Bonchev–Trinajstić information content (AvgIpc) is 2.37. The molecule has 0 aromatic rings. The highest BCUT2D eigenvalue weighted by atomic mass is 14.6. The van der Waals surface area contributed by atoms with Crippen LogP contribution >= 0.6 is 0 Å². The predicted octanol–water partition coefficient (Wildman–Crippen LogP) is 2.75. The fourth-order valence-electron chi connectivity index (χ4n) is 3.38. The highest BCUT2D eigenvalue weighted by Gasteiger charge is 2.54. The summed E-state index contributed by atoms with van der Waals surface area (Å²) < 4.78 is 0. The normalized spacial score (nSPS) is 46.4. The van der Waals surface area contributed by atoms with Gasteiger partial charge in [0.25, 0.3) is 0 Å². The minimum atomic E-state index is 0.833. The van der Waals surface area contributed by atoms with Gasteiger partial charge in [-0.3, -0.25) is 0 Å². The lowest BCUT2D eigenvalue weighted by atomic mass is 9.61. The van der Waals surface area contributed by atoms with E-state index in [4.69, 9.17) is 0 Å². The molecule has 10 heavy (non-hydrogen) atoms. The van der Waals surface area contributed by atoms with Crippen molar-refractivity contribution in [3.8, 4) is 0 Å². The van der Waals surface area contributed by atoms with Crippen molar-refractivity contribution in [3.05, 3.63) is 12.2 Å². The molecule has 1 spiro atoms. The Balaban J connectivity index is 2.01. The highest BCUT2D eigenvalue weighted by molar-refractivity contribution is 5.20. The quantitative estimate of drug-likeness (QED) is 0.447. The number of allylic oxidation sites excluding steroid dienone is 2. The lowest BCUT2D eigenvalue weighted by Crippen LogP contribution is -2.34. The van der Waals surface area contributed by atoms with Gasteiger partial charge in [0.15, 0.2) is 0 Å². The Morgan fingerprint density at radius 2 is 1.60 bits per heavy atom. The first-order chi connectivity index (χ1) is 4.92. The van der Waals surface area contributed by atoms with Gasteiger partial charge in [0.05, 0.1) is 0 Å². The standard InChI is InChI=1S/C10H14/c1-6-10(7-1)8-2-3-9(10)5-4-8/h2-3,8-9H,1,4-7H2. The Bertz CT molecular complexity index is 170. The van der Waals surface area contributed by atoms with E-state index < -0.39 is 0 Å². The molecule has 54 valence electrons. The number of hydrogen-bond acceptors (Lipinski definition) is 0. The third-order valence-corrected chi connectivity index (χ3v) is 4.13. The molecule has 2 fully saturated rings. The summed E-state index contributed by atoms with van der Waals surface area (Å²) in [6.07, 6.45) is 12.6. The summed E-state index contributed by atoms with van der Waals surface area (Å²) in [4.78, 5) is 0. The van der Waals surface area contributed by atoms with Crippen LogP contribution in [-0.2, 0) is 0 Å². The zero-order valence-electron chi connectivity index (χ0n) is 6.34. The summed E-state index contributed by atoms with van der Waals surface area (Å²) in [6, 6.07) is 0. The molecule has 3 aliphatic rings. The van der Waals surface area contributed by atoms with Crippen LogP contribution in [0.25, 0.3) is 0 Å². The van der Waals surface area contributed by atoms with E-state index in [2.05, 4.69) is 12.2 Å². The van der Waals surface area contributed by atoms with Crippen molar-refractivity contribution in [1.29, 1.82) is 0 Å². The zero-order chi connectivity index (χ0) is 6.60. The molecule has 0 saturated heterocycles. The van der Waals surface area contributed by atoms with Crippen molar-refractivity contribution >= 4 is 0 Å².